The summed E-state index contributed by atoms with van der Waals surface area (Å²) in [6.07, 6.45) is -1.05. The second kappa shape index (κ2) is 7.86. The van der Waals surface area contributed by atoms with E-state index in [9.17, 15) is 26.7 Å². The van der Waals surface area contributed by atoms with Crippen LogP contribution in [0, 0.1) is 6.92 Å². The first-order valence-electron chi connectivity index (χ1n) is 8.69. The van der Waals surface area contributed by atoms with Crippen molar-refractivity contribution in [2.45, 2.75) is 30.5 Å². The van der Waals surface area contributed by atoms with Crippen LogP contribution in [0.25, 0.3) is 17.1 Å². The topological polar surface area (TPSA) is 149 Å². The molecule has 1 aromatic carbocycles. The van der Waals surface area contributed by atoms with Gasteiger partial charge in [0.2, 0.25) is 10.0 Å². The van der Waals surface area contributed by atoms with E-state index in [1.54, 1.807) is 11.6 Å². The van der Waals surface area contributed by atoms with Crippen molar-refractivity contribution >= 4 is 15.8 Å². The van der Waals surface area contributed by atoms with Crippen molar-refractivity contribution in [2.75, 3.05) is 12.3 Å². The van der Waals surface area contributed by atoms with Gasteiger partial charge in [0.25, 0.3) is 0 Å². The fraction of sp³-hybridized carbons (Fsp3) is 0.294. The lowest BCUT2D eigenvalue weighted by Gasteiger charge is -2.26. The highest BCUT2D eigenvalue weighted by molar-refractivity contribution is 7.89. The number of hydrogen-bond donors (Lipinski definition) is 3. The summed E-state index contributed by atoms with van der Waals surface area (Å²) in [6, 6.07) is 3.94. The Morgan fingerprint density at radius 3 is 2.61 bits per heavy atom. The van der Waals surface area contributed by atoms with Crippen LogP contribution in [0.2, 0.25) is 0 Å². The number of nitrogens with one attached hydrogen (secondary N) is 1. The minimum atomic E-state index is -5.01. The number of aromatic nitrogens is 5. The summed E-state index contributed by atoms with van der Waals surface area (Å²) in [5.74, 6) is 0.230. The van der Waals surface area contributed by atoms with E-state index in [2.05, 4.69) is 20.1 Å². The molecule has 0 amide bonds. The summed E-state index contributed by atoms with van der Waals surface area (Å²) >= 11 is 0. The lowest BCUT2D eigenvalue weighted by Crippen LogP contribution is -2.51. The largest absolute Gasteiger partial charge is 0.418 e. The number of nitrogens with zero attached hydrogens (tertiary/aromatic N) is 5. The van der Waals surface area contributed by atoms with Crippen molar-refractivity contribution in [3.8, 4) is 17.1 Å². The minimum absolute atomic E-state index is 0.0618. The normalized spacial score (nSPS) is 14.4. The van der Waals surface area contributed by atoms with Gasteiger partial charge in [-0.1, -0.05) is 6.07 Å². The quantitative estimate of drug-likeness (QED) is 0.500. The Kier molecular flexibility index (Phi) is 5.73. The molecule has 0 aliphatic carbocycles. The van der Waals surface area contributed by atoms with Gasteiger partial charge in [-0.15, -0.1) is 0 Å². The highest BCUT2D eigenvalue weighted by Gasteiger charge is 2.50. The molecule has 10 nitrogen and oxygen atoms in total. The molecule has 2 aromatic heterocycles. The number of sulfonamides is 1. The van der Waals surface area contributed by atoms with Crippen LogP contribution in [0.4, 0.5) is 19.0 Å². The van der Waals surface area contributed by atoms with Crippen molar-refractivity contribution in [1.82, 2.24) is 29.5 Å². The predicted octanol–water partition coefficient (Wildman–Crippen LogP) is 1.21. The third-order valence-electron chi connectivity index (χ3n) is 4.43. The molecule has 166 valence electrons. The molecule has 2 heterocycles. The SMILES string of the molecule is Cc1ccc(S(=O)(=O)NC[C@@](C)(O)C(F)(F)F)cc1-c1cnc(N)c(-n2cncn2)n1. The van der Waals surface area contributed by atoms with Gasteiger partial charge in [-0.05, 0) is 31.5 Å². The monoisotopic (exact) mass is 457 g/mol. The molecule has 0 unspecified atom stereocenters. The molecule has 0 spiro atoms. The smallest absolute Gasteiger partial charge is 0.381 e. The van der Waals surface area contributed by atoms with Gasteiger partial charge < -0.3 is 10.8 Å². The number of rotatable bonds is 6. The molecule has 3 aromatic rings. The number of nitrogens with two attached hydrogens (primary N) is 1. The zero-order chi connectivity index (χ0) is 23.0. The first-order chi connectivity index (χ1) is 14.3. The van der Waals surface area contributed by atoms with Gasteiger partial charge in [-0.3, -0.25) is 0 Å². The van der Waals surface area contributed by atoms with Gasteiger partial charge in [0.15, 0.2) is 17.2 Å². The molecule has 0 saturated heterocycles. The number of nitrogen functional groups attached to an aromatic ring is 1. The number of aliphatic hydroxyl groups is 1. The molecule has 3 rings (SSSR count). The van der Waals surface area contributed by atoms with Crippen molar-refractivity contribution in [1.29, 1.82) is 0 Å². The van der Waals surface area contributed by atoms with Gasteiger partial charge in [0.05, 0.1) is 16.8 Å². The summed E-state index contributed by atoms with van der Waals surface area (Å²) in [6.45, 7) is 0.923. The van der Waals surface area contributed by atoms with E-state index in [0.717, 1.165) is 0 Å². The van der Waals surface area contributed by atoms with Crippen LogP contribution >= 0.6 is 0 Å². The molecule has 1 atom stereocenters. The van der Waals surface area contributed by atoms with Gasteiger partial charge in [0, 0.05) is 12.1 Å². The first-order valence-corrected chi connectivity index (χ1v) is 10.2. The van der Waals surface area contributed by atoms with E-state index in [-0.39, 0.29) is 22.2 Å². The van der Waals surface area contributed by atoms with Crippen molar-refractivity contribution in [3.05, 3.63) is 42.6 Å². The summed E-state index contributed by atoms with van der Waals surface area (Å²) in [4.78, 5) is 11.9. The highest BCUT2D eigenvalue weighted by atomic mass is 32.2. The third-order valence-corrected chi connectivity index (χ3v) is 5.83. The molecule has 0 fully saturated rings. The second-order valence-corrected chi connectivity index (χ2v) is 8.64. The lowest BCUT2D eigenvalue weighted by atomic mass is 10.1. The van der Waals surface area contributed by atoms with E-state index in [1.165, 1.54) is 41.7 Å². The Labute approximate surface area is 175 Å². The molecular weight excluding hydrogens is 439 g/mol. The Bertz CT molecular complexity index is 1200. The molecule has 0 radical (unpaired) electrons. The Morgan fingerprint density at radius 2 is 2.00 bits per heavy atom. The van der Waals surface area contributed by atoms with Crippen molar-refractivity contribution < 1.29 is 26.7 Å². The summed E-state index contributed by atoms with van der Waals surface area (Å²) < 4.78 is 66.6. The maximum Gasteiger partial charge on any atom is 0.418 e. The van der Waals surface area contributed by atoms with Crippen LogP contribution in [0.15, 0.2) is 41.9 Å². The number of halogens is 3. The number of anilines is 1. The molecule has 0 bridgehead atoms. The van der Waals surface area contributed by atoms with Crippen LogP contribution < -0.4 is 10.5 Å². The highest BCUT2D eigenvalue weighted by Crippen LogP contribution is 2.30. The van der Waals surface area contributed by atoms with E-state index < -0.39 is 28.3 Å². The Balaban J connectivity index is 1.97. The Morgan fingerprint density at radius 1 is 1.29 bits per heavy atom. The molecular formula is C17H18F3N7O3S. The predicted molar refractivity (Wildman–Crippen MR) is 103 cm³/mol. The van der Waals surface area contributed by atoms with Gasteiger partial charge in [0.1, 0.15) is 12.7 Å². The molecule has 14 heteroatoms. The van der Waals surface area contributed by atoms with Gasteiger partial charge >= 0.3 is 6.18 Å². The average Bonchev–Trinajstić information content (AvgIpc) is 3.21. The maximum absolute atomic E-state index is 12.8. The third kappa shape index (κ3) is 4.65. The molecule has 4 N–H and O–H groups in total. The van der Waals surface area contributed by atoms with Crippen LogP contribution in [0.3, 0.4) is 0 Å². The van der Waals surface area contributed by atoms with E-state index >= 15 is 0 Å². The Hall–Kier alpha value is -3.10. The molecule has 0 aliphatic rings. The van der Waals surface area contributed by atoms with E-state index in [4.69, 9.17) is 5.73 Å². The van der Waals surface area contributed by atoms with Gasteiger partial charge in [-0.25, -0.2) is 28.1 Å². The molecule has 0 aliphatic heterocycles. The van der Waals surface area contributed by atoms with E-state index in [1.807, 2.05) is 0 Å². The average molecular weight is 457 g/mol. The number of aryl methyl sites for hydroxylation is 1. The van der Waals surface area contributed by atoms with Crippen LogP contribution in [0.5, 0.6) is 0 Å². The summed E-state index contributed by atoms with van der Waals surface area (Å²) in [7, 11) is -4.37. The second-order valence-electron chi connectivity index (χ2n) is 6.88. The van der Waals surface area contributed by atoms with Crippen molar-refractivity contribution in [2.24, 2.45) is 0 Å². The number of benzene rings is 1. The molecule has 31 heavy (non-hydrogen) atoms. The lowest BCUT2D eigenvalue weighted by molar-refractivity contribution is -0.249. The number of alkyl halides is 3. The van der Waals surface area contributed by atoms with E-state index in [0.29, 0.717) is 18.1 Å². The van der Waals surface area contributed by atoms with Crippen LogP contribution in [-0.2, 0) is 10.0 Å². The summed E-state index contributed by atoms with van der Waals surface area (Å²) in [5.41, 5.74) is 3.84. The van der Waals surface area contributed by atoms with Crippen molar-refractivity contribution in [3.63, 3.8) is 0 Å². The fourth-order valence-electron chi connectivity index (χ4n) is 2.47. The molecule has 0 saturated carbocycles. The first kappa shape index (κ1) is 22.6. The fourth-order valence-corrected chi connectivity index (χ4v) is 3.63. The summed E-state index contributed by atoms with van der Waals surface area (Å²) in [5, 5.41) is 13.4. The van der Waals surface area contributed by atoms with Crippen LogP contribution in [-0.4, -0.2) is 56.6 Å². The zero-order valence-corrected chi connectivity index (χ0v) is 17.1. The maximum atomic E-state index is 12.8. The minimum Gasteiger partial charge on any atom is -0.381 e. The zero-order valence-electron chi connectivity index (χ0n) is 16.3. The standard InChI is InChI=1S/C17H18F3N7O3S/c1-10-3-4-11(31(29,30)25-7-16(2,28)17(18,19)20)5-12(10)13-6-23-14(21)15(26-13)27-9-22-8-24-27/h3-6,8-9,25,28H,7H2,1-2H3,(H2,21,23)/t16-/m1/s1. The van der Waals surface area contributed by atoms with Gasteiger partial charge in [-0.2, -0.15) is 23.0 Å². The number of hydrogen-bond acceptors (Lipinski definition) is 8. The van der Waals surface area contributed by atoms with Crippen LogP contribution in [0.1, 0.15) is 12.5 Å².